The minimum atomic E-state index is -0.355. The number of carbonyl (C=O) groups excluding carboxylic acids is 2. The van der Waals surface area contributed by atoms with Gasteiger partial charge in [0, 0.05) is 30.2 Å². The normalized spacial score (nSPS) is 16.5. The van der Waals surface area contributed by atoms with Gasteiger partial charge in [-0.1, -0.05) is 46.3 Å². The van der Waals surface area contributed by atoms with Crippen molar-refractivity contribution in [1.82, 2.24) is 9.80 Å². The molecule has 1 aliphatic heterocycles. The summed E-state index contributed by atoms with van der Waals surface area (Å²) in [6.45, 7) is 1.29. The smallest absolute Gasteiger partial charge is 0.254 e. The Morgan fingerprint density at radius 2 is 1.81 bits per heavy atom. The molecule has 26 heavy (non-hydrogen) atoms. The number of nitrogens with zero attached hydrogens (tertiary/aromatic N) is 2. The van der Waals surface area contributed by atoms with E-state index >= 15 is 0 Å². The van der Waals surface area contributed by atoms with Crippen LogP contribution in [0.4, 0.5) is 0 Å². The molecule has 4 nitrogen and oxygen atoms in total. The summed E-state index contributed by atoms with van der Waals surface area (Å²) in [7, 11) is 1.83. The highest BCUT2D eigenvalue weighted by Crippen LogP contribution is 2.22. The SMILES string of the molecule is CN(CCc1ccccc1)C(=O)C1CCCN1C(=O)c1ccc(Br)cc1. The minimum Gasteiger partial charge on any atom is -0.344 e. The second-order valence-corrected chi connectivity index (χ2v) is 7.57. The number of rotatable bonds is 5. The standard InChI is InChI=1S/C21H23BrN2O2/c1-23(15-13-16-6-3-2-4-7-16)21(26)19-8-5-14-24(19)20(25)17-9-11-18(22)12-10-17/h2-4,6-7,9-12,19H,5,8,13-15H2,1H3. The Morgan fingerprint density at radius 3 is 2.50 bits per heavy atom. The maximum absolute atomic E-state index is 12.9. The summed E-state index contributed by atoms with van der Waals surface area (Å²) < 4.78 is 0.934. The predicted molar refractivity (Wildman–Crippen MR) is 106 cm³/mol. The molecule has 2 amide bonds. The Balaban J connectivity index is 1.63. The quantitative estimate of drug-likeness (QED) is 0.747. The van der Waals surface area contributed by atoms with Crippen molar-refractivity contribution in [1.29, 1.82) is 0 Å². The Hall–Kier alpha value is -2.14. The molecule has 1 heterocycles. The van der Waals surface area contributed by atoms with Gasteiger partial charge in [0.2, 0.25) is 5.91 Å². The average Bonchev–Trinajstić information content (AvgIpc) is 3.16. The molecule has 0 radical (unpaired) electrons. The zero-order chi connectivity index (χ0) is 18.5. The molecule has 3 rings (SSSR count). The van der Waals surface area contributed by atoms with Gasteiger partial charge >= 0.3 is 0 Å². The summed E-state index contributed by atoms with van der Waals surface area (Å²) in [6, 6.07) is 17.1. The molecule has 0 spiro atoms. The van der Waals surface area contributed by atoms with Crippen LogP contribution in [-0.4, -0.2) is 47.8 Å². The molecule has 0 aliphatic carbocycles. The molecule has 0 aromatic heterocycles. The highest BCUT2D eigenvalue weighted by molar-refractivity contribution is 9.10. The Kier molecular flexibility index (Phi) is 6.09. The van der Waals surface area contributed by atoms with Gasteiger partial charge in [-0.15, -0.1) is 0 Å². The fourth-order valence-corrected chi connectivity index (χ4v) is 3.60. The van der Waals surface area contributed by atoms with Crippen LogP contribution in [0.1, 0.15) is 28.8 Å². The van der Waals surface area contributed by atoms with Crippen LogP contribution in [0.5, 0.6) is 0 Å². The first-order valence-corrected chi connectivity index (χ1v) is 9.71. The number of benzene rings is 2. The lowest BCUT2D eigenvalue weighted by atomic mass is 10.1. The lowest BCUT2D eigenvalue weighted by molar-refractivity contribution is -0.133. The van der Waals surface area contributed by atoms with Crippen LogP contribution in [0.15, 0.2) is 59.1 Å². The molecule has 2 aromatic carbocycles. The third-order valence-corrected chi connectivity index (χ3v) is 5.37. The Bertz CT molecular complexity index is 761. The molecule has 2 aromatic rings. The van der Waals surface area contributed by atoms with Crippen molar-refractivity contribution in [3.63, 3.8) is 0 Å². The molecule has 1 aliphatic rings. The second kappa shape index (κ2) is 8.49. The summed E-state index contributed by atoms with van der Waals surface area (Å²) in [5.74, 6) is -0.0336. The van der Waals surface area contributed by atoms with Gasteiger partial charge in [-0.05, 0) is 49.1 Å². The molecular weight excluding hydrogens is 392 g/mol. The van der Waals surface area contributed by atoms with E-state index in [9.17, 15) is 9.59 Å². The van der Waals surface area contributed by atoms with E-state index in [0.29, 0.717) is 18.7 Å². The van der Waals surface area contributed by atoms with E-state index < -0.39 is 0 Å². The van der Waals surface area contributed by atoms with Crippen LogP contribution < -0.4 is 0 Å². The molecule has 1 saturated heterocycles. The maximum Gasteiger partial charge on any atom is 0.254 e. The van der Waals surface area contributed by atoms with E-state index in [2.05, 4.69) is 28.1 Å². The number of hydrogen-bond donors (Lipinski definition) is 0. The molecule has 1 atom stereocenters. The number of likely N-dealkylation sites (tertiary alicyclic amines) is 1. The highest BCUT2D eigenvalue weighted by atomic mass is 79.9. The molecule has 1 unspecified atom stereocenters. The monoisotopic (exact) mass is 414 g/mol. The van der Waals surface area contributed by atoms with Crippen LogP contribution in [0, 0.1) is 0 Å². The summed E-state index contributed by atoms with van der Waals surface area (Å²) in [6.07, 6.45) is 2.42. The summed E-state index contributed by atoms with van der Waals surface area (Å²) in [5.41, 5.74) is 1.83. The van der Waals surface area contributed by atoms with E-state index in [0.717, 1.165) is 23.7 Å². The van der Waals surface area contributed by atoms with E-state index in [1.807, 2.05) is 37.4 Å². The lowest BCUT2D eigenvalue weighted by Gasteiger charge is -2.28. The first-order valence-electron chi connectivity index (χ1n) is 8.91. The van der Waals surface area contributed by atoms with Crippen LogP contribution >= 0.6 is 15.9 Å². The van der Waals surface area contributed by atoms with Crippen LogP contribution in [0.25, 0.3) is 0 Å². The number of amides is 2. The predicted octanol–water partition coefficient (Wildman–Crippen LogP) is 3.75. The van der Waals surface area contributed by atoms with Gasteiger partial charge in [-0.25, -0.2) is 0 Å². The van der Waals surface area contributed by atoms with E-state index in [-0.39, 0.29) is 17.9 Å². The van der Waals surface area contributed by atoms with Gasteiger partial charge in [-0.3, -0.25) is 9.59 Å². The fourth-order valence-electron chi connectivity index (χ4n) is 3.33. The molecule has 136 valence electrons. The van der Waals surface area contributed by atoms with Crippen LogP contribution in [0.2, 0.25) is 0 Å². The minimum absolute atomic E-state index is 0.0314. The van der Waals surface area contributed by atoms with Gasteiger partial charge in [-0.2, -0.15) is 0 Å². The molecule has 0 saturated carbocycles. The van der Waals surface area contributed by atoms with Crippen molar-refractivity contribution < 1.29 is 9.59 Å². The zero-order valence-electron chi connectivity index (χ0n) is 14.9. The van der Waals surface area contributed by atoms with Crippen molar-refractivity contribution >= 4 is 27.7 Å². The topological polar surface area (TPSA) is 40.6 Å². The molecule has 1 fully saturated rings. The second-order valence-electron chi connectivity index (χ2n) is 6.66. The fraction of sp³-hybridized carbons (Fsp3) is 0.333. The van der Waals surface area contributed by atoms with Gasteiger partial charge in [0.25, 0.3) is 5.91 Å². The Labute approximate surface area is 162 Å². The third-order valence-electron chi connectivity index (χ3n) is 4.84. The first kappa shape index (κ1) is 18.6. The number of halogens is 1. The maximum atomic E-state index is 12.9. The number of hydrogen-bond acceptors (Lipinski definition) is 2. The van der Waals surface area contributed by atoms with E-state index in [1.165, 1.54) is 5.56 Å². The van der Waals surface area contributed by atoms with Crippen molar-refractivity contribution in [2.75, 3.05) is 20.1 Å². The zero-order valence-corrected chi connectivity index (χ0v) is 16.5. The van der Waals surface area contributed by atoms with Crippen LogP contribution in [0.3, 0.4) is 0 Å². The van der Waals surface area contributed by atoms with Gasteiger partial charge in [0.1, 0.15) is 6.04 Å². The van der Waals surface area contributed by atoms with Crippen molar-refractivity contribution in [2.45, 2.75) is 25.3 Å². The molecule has 5 heteroatoms. The molecular formula is C21H23BrN2O2. The van der Waals surface area contributed by atoms with Gasteiger partial charge in [0.15, 0.2) is 0 Å². The van der Waals surface area contributed by atoms with Crippen molar-refractivity contribution in [3.8, 4) is 0 Å². The van der Waals surface area contributed by atoms with E-state index in [4.69, 9.17) is 0 Å². The highest BCUT2D eigenvalue weighted by Gasteiger charge is 2.35. The number of likely N-dealkylation sites (N-methyl/N-ethyl adjacent to an activating group) is 1. The largest absolute Gasteiger partial charge is 0.344 e. The summed E-state index contributed by atoms with van der Waals surface area (Å²) in [5, 5.41) is 0. The molecule has 0 bridgehead atoms. The summed E-state index contributed by atoms with van der Waals surface area (Å²) >= 11 is 3.38. The van der Waals surface area contributed by atoms with Gasteiger partial charge < -0.3 is 9.80 Å². The van der Waals surface area contributed by atoms with E-state index in [1.54, 1.807) is 21.9 Å². The van der Waals surface area contributed by atoms with Crippen LogP contribution in [-0.2, 0) is 11.2 Å². The van der Waals surface area contributed by atoms with Crippen molar-refractivity contribution in [2.24, 2.45) is 0 Å². The number of carbonyl (C=O) groups is 2. The first-order chi connectivity index (χ1) is 12.6. The Morgan fingerprint density at radius 1 is 1.12 bits per heavy atom. The lowest BCUT2D eigenvalue weighted by Crippen LogP contribution is -2.47. The van der Waals surface area contributed by atoms with Crippen molar-refractivity contribution in [3.05, 3.63) is 70.2 Å². The third kappa shape index (κ3) is 4.33. The van der Waals surface area contributed by atoms with Gasteiger partial charge in [0.05, 0.1) is 0 Å². The summed E-state index contributed by atoms with van der Waals surface area (Å²) in [4.78, 5) is 29.2. The average molecular weight is 415 g/mol. The molecule has 0 N–H and O–H groups in total.